The van der Waals surface area contributed by atoms with Gasteiger partial charge in [-0.3, -0.25) is 4.79 Å². The summed E-state index contributed by atoms with van der Waals surface area (Å²) >= 11 is 0. The van der Waals surface area contributed by atoms with Crippen LogP contribution in [-0.4, -0.2) is 13.0 Å². The number of halogens is 1. The number of aryl methyl sites for hydroxylation is 1. The van der Waals surface area contributed by atoms with Crippen molar-refractivity contribution in [3.8, 4) is 5.75 Å². The highest BCUT2D eigenvalue weighted by atomic mass is 19.1. The monoisotopic (exact) mass is 274 g/mol. The summed E-state index contributed by atoms with van der Waals surface area (Å²) in [5.41, 5.74) is 7.45. The van der Waals surface area contributed by atoms with Crippen molar-refractivity contribution in [2.45, 2.75) is 6.92 Å². The number of nitrogens with two attached hydrogens (primary N) is 1. The highest BCUT2D eigenvalue weighted by Gasteiger charge is 2.13. The minimum Gasteiger partial charge on any atom is -0.497 e. The number of amides is 1. The van der Waals surface area contributed by atoms with E-state index < -0.39 is 11.7 Å². The van der Waals surface area contributed by atoms with Crippen molar-refractivity contribution in [1.29, 1.82) is 0 Å². The molecular weight excluding hydrogens is 259 g/mol. The molecule has 2 aromatic carbocycles. The van der Waals surface area contributed by atoms with Gasteiger partial charge in [-0.15, -0.1) is 0 Å². The lowest BCUT2D eigenvalue weighted by Crippen LogP contribution is -2.15. The van der Waals surface area contributed by atoms with Gasteiger partial charge in [-0.1, -0.05) is 6.07 Å². The van der Waals surface area contributed by atoms with Crippen LogP contribution in [0.15, 0.2) is 36.4 Å². The molecule has 0 unspecified atom stereocenters. The third kappa shape index (κ3) is 2.88. The highest BCUT2D eigenvalue weighted by Crippen LogP contribution is 2.23. The molecule has 1 amide bonds. The molecule has 0 atom stereocenters. The van der Waals surface area contributed by atoms with Crippen molar-refractivity contribution in [2.24, 2.45) is 0 Å². The van der Waals surface area contributed by atoms with Crippen molar-refractivity contribution < 1.29 is 13.9 Å². The summed E-state index contributed by atoms with van der Waals surface area (Å²) in [5, 5.41) is 2.49. The largest absolute Gasteiger partial charge is 0.497 e. The minimum absolute atomic E-state index is 0.0503. The lowest BCUT2D eigenvalue weighted by molar-refractivity contribution is 0.102. The van der Waals surface area contributed by atoms with Crippen LogP contribution in [0.5, 0.6) is 5.75 Å². The van der Waals surface area contributed by atoms with E-state index in [1.54, 1.807) is 18.2 Å². The van der Waals surface area contributed by atoms with Crippen molar-refractivity contribution in [1.82, 2.24) is 0 Å². The Morgan fingerprint density at radius 3 is 2.65 bits per heavy atom. The van der Waals surface area contributed by atoms with Gasteiger partial charge in [0.2, 0.25) is 0 Å². The first-order valence-electron chi connectivity index (χ1n) is 6.02. The second kappa shape index (κ2) is 5.61. The molecule has 20 heavy (non-hydrogen) atoms. The average molecular weight is 274 g/mol. The van der Waals surface area contributed by atoms with Crippen molar-refractivity contribution in [3.63, 3.8) is 0 Å². The molecule has 4 nitrogen and oxygen atoms in total. The molecule has 2 rings (SSSR count). The maximum atomic E-state index is 13.6. The Bertz CT molecular complexity index is 656. The molecule has 0 fully saturated rings. The van der Waals surface area contributed by atoms with Crippen molar-refractivity contribution >= 4 is 17.3 Å². The third-order valence-corrected chi connectivity index (χ3v) is 2.87. The van der Waals surface area contributed by atoms with E-state index in [0.717, 1.165) is 5.56 Å². The molecule has 0 heterocycles. The zero-order chi connectivity index (χ0) is 14.7. The number of methoxy groups -OCH3 is 1. The molecule has 3 N–H and O–H groups in total. The van der Waals surface area contributed by atoms with Gasteiger partial charge in [-0.2, -0.15) is 0 Å². The number of carbonyl (C=O) groups is 1. The second-order valence-electron chi connectivity index (χ2n) is 4.39. The van der Waals surface area contributed by atoms with E-state index in [-0.39, 0.29) is 5.69 Å². The number of hydrogen-bond acceptors (Lipinski definition) is 3. The van der Waals surface area contributed by atoms with Gasteiger partial charge < -0.3 is 15.8 Å². The molecule has 0 aliphatic rings. The van der Waals surface area contributed by atoms with Gasteiger partial charge in [-0.25, -0.2) is 4.39 Å². The molecule has 0 bridgehead atoms. The van der Waals surface area contributed by atoms with E-state index in [1.807, 2.05) is 6.92 Å². The Morgan fingerprint density at radius 2 is 2.00 bits per heavy atom. The predicted octanol–water partition coefficient (Wildman–Crippen LogP) is 2.98. The summed E-state index contributed by atoms with van der Waals surface area (Å²) in [4.78, 5) is 12.1. The van der Waals surface area contributed by atoms with Crippen LogP contribution < -0.4 is 15.8 Å². The van der Waals surface area contributed by atoms with Gasteiger partial charge >= 0.3 is 0 Å². The predicted molar refractivity (Wildman–Crippen MR) is 76.5 cm³/mol. The SMILES string of the molecule is COc1ccc(F)c(NC(=O)c2ccc(C)cc2N)c1. The fourth-order valence-electron chi connectivity index (χ4n) is 1.81. The standard InChI is InChI=1S/C15H15FN2O2/c1-9-3-5-11(13(17)7-9)15(19)18-14-8-10(20-2)4-6-12(14)16/h3-8H,17H2,1-2H3,(H,18,19). The highest BCUT2D eigenvalue weighted by molar-refractivity contribution is 6.07. The maximum absolute atomic E-state index is 13.6. The van der Waals surface area contributed by atoms with Crippen LogP contribution in [0.2, 0.25) is 0 Å². The van der Waals surface area contributed by atoms with Gasteiger partial charge in [0, 0.05) is 11.8 Å². The van der Waals surface area contributed by atoms with Crippen molar-refractivity contribution in [3.05, 3.63) is 53.3 Å². The molecule has 0 aromatic heterocycles. The van der Waals surface area contributed by atoms with E-state index in [4.69, 9.17) is 10.5 Å². The Balaban J connectivity index is 2.27. The number of ether oxygens (including phenoxy) is 1. The first-order valence-corrected chi connectivity index (χ1v) is 6.02. The zero-order valence-corrected chi connectivity index (χ0v) is 11.2. The van der Waals surface area contributed by atoms with E-state index in [9.17, 15) is 9.18 Å². The van der Waals surface area contributed by atoms with Gasteiger partial charge in [0.15, 0.2) is 0 Å². The number of benzene rings is 2. The van der Waals surface area contributed by atoms with Crippen LogP contribution in [0, 0.1) is 12.7 Å². The number of anilines is 2. The van der Waals surface area contributed by atoms with E-state index in [1.165, 1.54) is 25.3 Å². The smallest absolute Gasteiger partial charge is 0.257 e. The molecule has 0 aliphatic heterocycles. The summed E-state index contributed by atoms with van der Waals surface area (Å²) in [6.07, 6.45) is 0. The van der Waals surface area contributed by atoms with E-state index >= 15 is 0 Å². The van der Waals surface area contributed by atoms with Crippen LogP contribution >= 0.6 is 0 Å². The number of hydrogen-bond donors (Lipinski definition) is 2. The molecule has 5 heteroatoms. The number of rotatable bonds is 3. The minimum atomic E-state index is -0.537. The summed E-state index contributed by atoms with van der Waals surface area (Å²) < 4.78 is 18.6. The van der Waals surface area contributed by atoms with E-state index in [0.29, 0.717) is 17.0 Å². The zero-order valence-electron chi connectivity index (χ0n) is 11.2. The summed E-state index contributed by atoms with van der Waals surface area (Å²) in [7, 11) is 1.47. The molecule has 0 aliphatic carbocycles. The Hall–Kier alpha value is -2.56. The Morgan fingerprint density at radius 1 is 1.25 bits per heavy atom. The van der Waals surface area contributed by atoms with Crippen LogP contribution in [0.4, 0.5) is 15.8 Å². The average Bonchev–Trinajstić information content (AvgIpc) is 2.41. The first-order chi connectivity index (χ1) is 9.51. The molecule has 0 saturated heterocycles. The number of carbonyl (C=O) groups excluding carboxylic acids is 1. The molecule has 104 valence electrons. The quantitative estimate of drug-likeness (QED) is 0.846. The van der Waals surface area contributed by atoms with Crippen LogP contribution in [0.25, 0.3) is 0 Å². The number of nitrogen functional groups attached to an aromatic ring is 1. The lowest BCUT2D eigenvalue weighted by Gasteiger charge is -2.10. The van der Waals surface area contributed by atoms with Crippen LogP contribution in [0.3, 0.4) is 0 Å². The lowest BCUT2D eigenvalue weighted by atomic mass is 10.1. The Kier molecular flexibility index (Phi) is 3.89. The summed E-state index contributed by atoms with van der Waals surface area (Å²) in [6, 6.07) is 9.19. The Labute approximate surface area is 116 Å². The second-order valence-corrected chi connectivity index (χ2v) is 4.39. The molecular formula is C15H15FN2O2. The van der Waals surface area contributed by atoms with Crippen LogP contribution in [0.1, 0.15) is 15.9 Å². The van der Waals surface area contributed by atoms with Crippen LogP contribution in [-0.2, 0) is 0 Å². The number of nitrogens with one attached hydrogen (secondary N) is 1. The topological polar surface area (TPSA) is 64.3 Å². The van der Waals surface area contributed by atoms with E-state index in [2.05, 4.69) is 5.32 Å². The summed E-state index contributed by atoms with van der Waals surface area (Å²) in [5.74, 6) is -0.543. The fourth-order valence-corrected chi connectivity index (χ4v) is 1.81. The molecule has 0 radical (unpaired) electrons. The van der Waals surface area contributed by atoms with Gasteiger partial charge in [-0.05, 0) is 36.8 Å². The molecule has 0 spiro atoms. The first kappa shape index (κ1) is 13.9. The van der Waals surface area contributed by atoms with Gasteiger partial charge in [0.05, 0.1) is 18.4 Å². The molecule has 0 saturated carbocycles. The van der Waals surface area contributed by atoms with Gasteiger partial charge in [0.1, 0.15) is 11.6 Å². The van der Waals surface area contributed by atoms with Crippen molar-refractivity contribution in [2.75, 3.05) is 18.2 Å². The fraction of sp³-hybridized carbons (Fsp3) is 0.133. The maximum Gasteiger partial charge on any atom is 0.257 e. The summed E-state index contributed by atoms with van der Waals surface area (Å²) in [6.45, 7) is 1.87. The molecule has 2 aromatic rings. The normalized spacial score (nSPS) is 10.2. The van der Waals surface area contributed by atoms with Gasteiger partial charge in [0.25, 0.3) is 5.91 Å². The third-order valence-electron chi connectivity index (χ3n) is 2.87.